The molecule has 140 valence electrons. The standard InChI is InChI=1S/C18H23ClN4O3/c1-11-3-2-5-18(26,7-11)10-22-17(25)12-8-23(9-14(20)24)16-15(12)13(19)4-6-21-16/h4,6,8,11,26H,2-3,5,7,9-10H2,1H3,(H2,20,24)(H,22,25)/t11-,18-/m0/s1. The second-order valence-corrected chi connectivity index (χ2v) is 7.64. The number of nitrogens with two attached hydrogens (primary N) is 1. The molecule has 0 unspecified atom stereocenters. The van der Waals surface area contributed by atoms with Crippen molar-refractivity contribution in [1.29, 1.82) is 0 Å². The summed E-state index contributed by atoms with van der Waals surface area (Å²) in [7, 11) is 0. The summed E-state index contributed by atoms with van der Waals surface area (Å²) in [5.74, 6) is -0.470. The molecule has 0 spiro atoms. The number of rotatable bonds is 5. The third kappa shape index (κ3) is 3.83. The average Bonchev–Trinajstić information content (AvgIpc) is 2.92. The number of fused-ring (bicyclic) bond motifs is 1. The van der Waals surface area contributed by atoms with Gasteiger partial charge in [-0.25, -0.2) is 4.98 Å². The topological polar surface area (TPSA) is 110 Å². The Labute approximate surface area is 156 Å². The molecule has 2 aromatic heterocycles. The van der Waals surface area contributed by atoms with Crippen molar-refractivity contribution in [2.75, 3.05) is 6.54 Å². The number of hydrogen-bond donors (Lipinski definition) is 3. The number of pyridine rings is 1. The van der Waals surface area contributed by atoms with E-state index in [0.717, 1.165) is 12.8 Å². The van der Waals surface area contributed by atoms with E-state index >= 15 is 0 Å². The average molecular weight is 379 g/mol. The lowest BCUT2D eigenvalue weighted by atomic mass is 9.79. The molecule has 26 heavy (non-hydrogen) atoms. The van der Waals surface area contributed by atoms with E-state index in [1.54, 1.807) is 6.07 Å². The summed E-state index contributed by atoms with van der Waals surface area (Å²) in [6.07, 6.45) is 6.41. The SMILES string of the molecule is C[C@H]1CCC[C@@](O)(CNC(=O)c2cn(CC(N)=O)c3nccc(Cl)c23)C1. The molecule has 1 saturated carbocycles. The third-order valence-corrected chi connectivity index (χ3v) is 5.24. The summed E-state index contributed by atoms with van der Waals surface area (Å²) in [6.45, 7) is 2.18. The smallest absolute Gasteiger partial charge is 0.253 e. The Hall–Kier alpha value is -2.12. The molecule has 4 N–H and O–H groups in total. The van der Waals surface area contributed by atoms with Crippen LogP contribution in [0.2, 0.25) is 5.02 Å². The Kier molecular flexibility index (Phi) is 5.20. The highest BCUT2D eigenvalue weighted by molar-refractivity contribution is 6.36. The van der Waals surface area contributed by atoms with Crippen molar-refractivity contribution >= 4 is 34.4 Å². The number of carbonyl (C=O) groups is 2. The largest absolute Gasteiger partial charge is 0.388 e. The highest BCUT2D eigenvalue weighted by Gasteiger charge is 2.33. The van der Waals surface area contributed by atoms with Crippen LogP contribution in [0.15, 0.2) is 18.5 Å². The van der Waals surface area contributed by atoms with Crippen molar-refractivity contribution in [3.63, 3.8) is 0 Å². The number of nitrogens with one attached hydrogen (secondary N) is 1. The molecular weight excluding hydrogens is 356 g/mol. The highest BCUT2D eigenvalue weighted by atomic mass is 35.5. The van der Waals surface area contributed by atoms with Crippen LogP contribution in [-0.2, 0) is 11.3 Å². The van der Waals surface area contributed by atoms with E-state index in [9.17, 15) is 14.7 Å². The zero-order valence-electron chi connectivity index (χ0n) is 14.7. The molecule has 2 aromatic rings. The fraction of sp³-hybridized carbons (Fsp3) is 0.500. The predicted octanol–water partition coefficient (Wildman–Crippen LogP) is 1.85. The molecule has 7 nitrogen and oxygen atoms in total. The second-order valence-electron chi connectivity index (χ2n) is 7.24. The summed E-state index contributed by atoms with van der Waals surface area (Å²) < 4.78 is 1.51. The van der Waals surface area contributed by atoms with Crippen molar-refractivity contribution in [2.45, 2.75) is 44.8 Å². The lowest BCUT2D eigenvalue weighted by Crippen LogP contribution is -2.45. The van der Waals surface area contributed by atoms with Gasteiger partial charge in [0.2, 0.25) is 5.91 Å². The number of aromatic nitrogens is 2. The molecule has 1 aliphatic carbocycles. The van der Waals surface area contributed by atoms with Crippen molar-refractivity contribution in [3.05, 3.63) is 29.0 Å². The zero-order valence-corrected chi connectivity index (χ0v) is 15.4. The van der Waals surface area contributed by atoms with Crippen LogP contribution in [0.1, 0.15) is 43.0 Å². The Morgan fingerprint density at radius 1 is 1.54 bits per heavy atom. The minimum atomic E-state index is -0.888. The molecule has 1 fully saturated rings. The van der Waals surface area contributed by atoms with Gasteiger partial charge in [0.15, 0.2) is 0 Å². The third-order valence-electron chi connectivity index (χ3n) is 4.92. The van der Waals surface area contributed by atoms with Gasteiger partial charge >= 0.3 is 0 Å². The Balaban J connectivity index is 1.85. The molecule has 0 bridgehead atoms. The Morgan fingerprint density at radius 2 is 2.31 bits per heavy atom. The Bertz CT molecular complexity index is 850. The summed E-state index contributed by atoms with van der Waals surface area (Å²) in [5, 5.41) is 14.4. The van der Waals surface area contributed by atoms with E-state index in [2.05, 4.69) is 17.2 Å². The van der Waals surface area contributed by atoms with Crippen LogP contribution in [0.3, 0.4) is 0 Å². The highest BCUT2D eigenvalue weighted by Crippen LogP contribution is 2.32. The molecule has 2 heterocycles. The van der Waals surface area contributed by atoms with Gasteiger partial charge in [-0.2, -0.15) is 0 Å². The molecule has 2 amide bonds. The number of carbonyl (C=O) groups excluding carboxylic acids is 2. The maximum Gasteiger partial charge on any atom is 0.253 e. The number of halogens is 1. The summed E-state index contributed by atoms with van der Waals surface area (Å²) in [4.78, 5) is 28.2. The van der Waals surface area contributed by atoms with Crippen molar-refractivity contribution in [2.24, 2.45) is 11.7 Å². The molecule has 0 saturated heterocycles. The first-order valence-electron chi connectivity index (χ1n) is 8.71. The number of nitrogens with zero attached hydrogens (tertiary/aromatic N) is 2. The molecule has 0 aromatic carbocycles. The van der Waals surface area contributed by atoms with Crippen molar-refractivity contribution < 1.29 is 14.7 Å². The lowest BCUT2D eigenvalue weighted by Gasteiger charge is -2.35. The molecule has 0 aliphatic heterocycles. The van der Waals surface area contributed by atoms with Crippen LogP contribution in [0.4, 0.5) is 0 Å². The predicted molar refractivity (Wildman–Crippen MR) is 98.9 cm³/mol. The van der Waals surface area contributed by atoms with Gasteiger partial charge < -0.3 is 20.7 Å². The van der Waals surface area contributed by atoms with E-state index in [1.165, 1.54) is 17.0 Å². The molecule has 8 heteroatoms. The van der Waals surface area contributed by atoms with Crippen LogP contribution in [-0.4, -0.2) is 38.6 Å². The summed E-state index contributed by atoms with van der Waals surface area (Å²) in [5.41, 5.74) is 5.12. The quantitative estimate of drug-likeness (QED) is 0.737. The van der Waals surface area contributed by atoms with Crippen LogP contribution in [0, 0.1) is 5.92 Å². The van der Waals surface area contributed by atoms with Crippen molar-refractivity contribution in [1.82, 2.24) is 14.9 Å². The lowest BCUT2D eigenvalue weighted by molar-refractivity contribution is -0.118. The molecule has 0 radical (unpaired) electrons. The van der Waals surface area contributed by atoms with Gasteiger partial charge in [0, 0.05) is 18.9 Å². The fourth-order valence-corrected chi connectivity index (χ4v) is 4.01. The Morgan fingerprint density at radius 3 is 3.00 bits per heavy atom. The van der Waals surface area contributed by atoms with E-state index in [4.69, 9.17) is 17.3 Å². The van der Waals surface area contributed by atoms with Gasteiger partial charge in [-0.15, -0.1) is 0 Å². The maximum atomic E-state index is 12.7. The first-order valence-corrected chi connectivity index (χ1v) is 9.09. The van der Waals surface area contributed by atoms with Gasteiger partial charge in [-0.1, -0.05) is 31.4 Å². The van der Waals surface area contributed by atoms with Crippen LogP contribution < -0.4 is 11.1 Å². The summed E-state index contributed by atoms with van der Waals surface area (Å²) in [6, 6.07) is 1.59. The van der Waals surface area contributed by atoms with Crippen LogP contribution in [0.5, 0.6) is 0 Å². The first kappa shape index (κ1) is 18.7. The van der Waals surface area contributed by atoms with Crippen molar-refractivity contribution in [3.8, 4) is 0 Å². The summed E-state index contributed by atoms with van der Waals surface area (Å²) >= 11 is 6.25. The van der Waals surface area contributed by atoms with E-state index in [0.29, 0.717) is 40.4 Å². The number of primary amides is 1. The number of aliphatic hydroxyl groups is 1. The number of amides is 2. The molecule has 1 aliphatic rings. The molecule has 2 atom stereocenters. The van der Waals surface area contributed by atoms with Gasteiger partial charge in [0.1, 0.15) is 12.2 Å². The molecule has 3 rings (SSSR count). The van der Waals surface area contributed by atoms with Gasteiger partial charge in [0.25, 0.3) is 5.91 Å². The van der Waals surface area contributed by atoms with E-state index in [-0.39, 0.29) is 19.0 Å². The van der Waals surface area contributed by atoms with Crippen LogP contribution in [0.25, 0.3) is 11.0 Å². The minimum Gasteiger partial charge on any atom is -0.388 e. The zero-order chi connectivity index (χ0) is 18.9. The van der Waals surface area contributed by atoms with Gasteiger partial charge in [0.05, 0.1) is 21.6 Å². The van der Waals surface area contributed by atoms with Gasteiger partial charge in [-0.05, 0) is 24.8 Å². The van der Waals surface area contributed by atoms with Gasteiger partial charge in [-0.3, -0.25) is 9.59 Å². The minimum absolute atomic E-state index is 0.0986. The van der Waals surface area contributed by atoms with Crippen LogP contribution >= 0.6 is 11.6 Å². The molecular formula is C18H23ClN4O3. The normalized spacial score (nSPS) is 23.1. The number of hydrogen-bond acceptors (Lipinski definition) is 4. The second kappa shape index (κ2) is 7.25. The first-order chi connectivity index (χ1) is 12.3. The van der Waals surface area contributed by atoms with E-state index < -0.39 is 11.5 Å². The maximum absolute atomic E-state index is 12.7. The fourth-order valence-electron chi connectivity index (χ4n) is 3.77. The van der Waals surface area contributed by atoms with E-state index in [1.807, 2.05) is 0 Å². The monoisotopic (exact) mass is 378 g/mol.